The number of nitrogens with zero attached hydrogens (tertiary/aromatic N) is 2. The van der Waals surface area contributed by atoms with Gasteiger partial charge < -0.3 is 10.2 Å². The molecule has 6 nitrogen and oxygen atoms in total. The Labute approximate surface area is 128 Å². The Morgan fingerprint density at radius 2 is 1.73 bits per heavy atom. The summed E-state index contributed by atoms with van der Waals surface area (Å²) in [6, 6.07) is 10.8. The lowest BCUT2D eigenvalue weighted by atomic mass is 10.2. The summed E-state index contributed by atoms with van der Waals surface area (Å²) in [5, 5.41) is 26.3. The van der Waals surface area contributed by atoms with Crippen LogP contribution in [0.5, 0.6) is 5.75 Å². The zero-order chi connectivity index (χ0) is 16.2. The fourth-order valence-electron chi connectivity index (χ4n) is 1.78. The third-order valence-corrected chi connectivity index (χ3v) is 4.67. The maximum absolute atomic E-state index is 11.8. The van der Waals surface area contributed by atoms with E-state index in [4.69, 9.17) is 5.11 Å². The lowest BCUT2D eigenvalue weighted by Gasteiger charge is -2.02. The van der Waals surface area contributed by atoms with E-state index in [1.165, 1.54) is 30.3 Å². The zero-order valence-electron chi connectivity index (χ0n) is 12.0. The van der Waals surface area contributed by atoms with Gasteiger partial charge in [0.2, 0.25) is 0 Å². The maximum Gasteiger partial charge on any atom is 0.180 e. The molecule has 2 aromatic carbocycles. The molecule has 2 N–H and O–H groups in total. The van der Waals surface area contributed by atoms with Crippen molar-refractivity contribution in [2.75, 3.05) is 12.4 Å². The van der Waals surface area contributed by atoms with Crippen LogP contribution in [0.2, 0.25) is 0 Å². The number of hydrogen-bond donors (Lipinski definition) is 2. The second-order valence-electron chi connectivity index (χ2n) is 4.73. The van der Waals surface area contributed by atoms with E-state index in [1.54, 1.807) is 12.1 Å². The fraction of sp³-hybridized carbons (Fsp3) is 0.200. The highest BCUT2D eigenvalue weighted by molar-refractivity contribution is 7.91. The SMILES string of the molecule is Cc1ccc(O)c(/N=N/c2ccc(S(=O)(=O)CCO)cc2)c1. The van der Waals surface area contributed by atoms with Gasteiger partial charge in [-0.05, 0) is 48.9 Å². The second kappa shape index (κ2) is 6.67. The predicted octanol–water partition coefficient (Wildman–Crippen LogP) is 2.88. The predicted molar refractivity (Wildman–Crippen MR) is 82.6 cm³/mol. The van der Waals surface area contributed by atoms with E-state index in [-0.39, 0.29) is 16.4 Å². The number of aliphatic hydroxyl groups is 1. The van der Waals surface area contributed by atoms with Crippen molar-refractivity contribution < 1.29 is 18.6 Å². The van der Waals surface area contributed by atoms with Gasteiger partial charge in [-0.2, -0.15) is 5.11 Å². The molecule has 0 fully saturated rings. The molecule has 0 aliphatic heterocycles. The van der Waals surface area contributed by atoms with E-state index in [0.29, 0.717) is 11.4 Å². The van der Waals surface area contributed by atoms with Gasteiger partial charge in [0.05, 0.1) is 22.9 Å². The Balaban J connectivity index is 2.21. The number of phenolic OH excluding ortho intramolecular Hbond substituents is 1. The van der Waals surface area contributed by atoms with Crippen LogP contribution in [-0.4, -0.2) is 31.0 Å². The summed E-state index contributed by atoms with van der Waals surface area (Å²) in [5.74, 6) is -0.290. The lowest BCUT2D eigenvalue weighted by molar-refractivity contribution is 0.319. The van der Waals surface area contributed by atoms with Crippen molar-refractivity contribution in [3.63, 3.8) is 0 Å². The average Bonchev–Trinajstić information content (AvgIpc) is 2.48. The quantitative estimate of drug-likeness (QED) is 0.827. The second-order valence-corrected chi connectivity index (χ2v) is 6.84. The molecular formula is C15H16N2O4S. The first-order valence-electron chi connectivity index (χ1n) is 6.57. The Bertz CT molecular complexity index is 784. The van der Waals surface area contributed by atoms with Crippen LogP contribution in [0.1, 0.15) is 5.56 Å². The van der Waals surface area contributed by atoms with Gasteiger partial charge in [-0.3, -0.25) is 0 Å². The van der Waals surface area contributed by atoms with Crippen molar-refractivity contribution in [3.05, 3.63) is 48.0 Å². The number of benzene rings is 2. The van der Waals surface area contributed by atoms with Crippen molar-refractivity contribution >= 4 is 21.2 Å². The molecule has 0 radical (unpaired) electrons. The highest BCUT2D eigenvalue weighted by Gasteiger charge is 2.12. The molecule has 2 aromatic rings. The molecule has 0 saturated carbocycles. The number of phenols is 1. The molecule has 0 aromatic heterocycles. The van der Waals surface area contributed by atoms with Crippen molar-refractivity contribution in [2.24, 2.45) is 10.2 Å². The van der Waals surface area contributed by atoms with Crippen molar-refractivity contribution in [3.8, 4) is 5.75 Å². The molecule has 0 unspecified atom stereocenters. The Morgan fingerprint density at radius 1 is 1.05 bits per heavy atom. The van der Waals surface area contributed by atoms with Gasteiger partial charge in [0.1, 0.15) is 11.4 Å². The molecule has 0 atom stereocenters. The Kier molecular flexibility index (Phi) is 4.89. The summed E-state index contributed by atoms with van der Waals surface area (Å²) in [7, 11) is -3.47. The molecule has 7 heteroatoms. The number of azo groups is 1. The van der Waals surface area contributed by atoms with Crippen LogP contribution in [0, 0.1) is 6.92 Å². The van der Waals surface area contributed by atoms with Gasteiger partial charge in [-0.25, -0.2) is 8.42 Å². The summed E-state index contributed by atoms with van der Waals surface area (Å²) in [4.78, 5) is 0.124. The molecular weight excluding hydrogens is 304 g/mol. The van der Waals surface area contributed by atoms with E-state index >= 15 is 0 Å². The lowest BCUT2D eigenvalue weighted by Crippen LogP contribution is -2.09. The summed E-state index contributed by atoms with van der Waals surface area (Å²) in [6.45, 7) is 1.45. The smallest absolute Gasteiger partial charge is 0.180 e. The monoisotopic (exact) mass is 320 g/mol. The highest BCUT2D eigenvalue weighted by Crippen LogP contribution is 2.29. The van der Waals surface area contributed by atoms with E-state index in [0.717, 1.165) is 5.56 Å². The third-order valence-electron chi connectivity index (χ3n) is 2.96. The van der Waals surface area contributed by atoms with Gasteiger partial charge in [0, 0.05) is 0 Å². The summed E-state index contributed by atoms with van der Waals surface area (Å²) in [6.07, 6.45) is 0. The first-order chi connectivity index (χ1) is 10.4. The van der Waals surface area contributed by atoms with Gasteiger partial charge in [0.25, 0.3) is 0 Å². The maximum atomic E-state index is 11.8. The van der Waals surface area contributed by atoms with Crippen LogP contribution >= 0.6 is 0 Å². The van der Waals surface area contributed by atoms with E-state index < -0.39 is 16.4 Å². The van der Waals surface area contributed by atoms with Crippen LogP contribution in [0.3, 0.4) is 0 Å². The number of hydrogen-bond acceptors (Lipinski definition) is 6. The van der Waals surface area contributed by atoms with Crippen molar-refractivity contribution in [1.29, 1.82) is 0 Å². The molecule has 0 bridgehead atoms. The first-order valence-corrected chi connectivity index (χ1v) is 8.22. The molecule has 2 rings (SSSR count). The molecule has 0 spiro atoms. The van der Waals surface area contributed by atoms with Crippen LogP contribution in [0.25, 0.3) is 0 Å². The van der Waals surface area contributed by atoms with E-state index in [9.17, 15) is 13.5 Å². The Morgan fingerprint density at radius 3 is 2.36 bits per heavy atom. The largest absolute Gasteiger partial charge is 0.506 e. The highest BCUT2D eigenvalue weighted by atomic mass is 32.2. The number of aryl methyl sites for hydroxylation is 1. The number of aromatic hydroxyl groups is 1. The van der Waals surface area contributed by atoms with E-state index in [1.807, 2.05) is 6.92 Å². The summed E-state index contributed by atoms with van der Waals surface area (Å²) in [5.41, 5.74) is 1.75. The Hall–Kier alpha value is -2.25. The molecule has 22 heavy (non-hydrogen) atoms. The zero-order valence-corrected chi connectivity index (χ0v) is 12.8. The summed E-state index contributed by atoms with van der Waals surface area (Å²) < 4.78 is 23.5. The van der Waals surface area contributed by atoms with Gasteiger partial charge in [0.15, 0.2) is 9.84 Å². The van der Waals surface area contributed by atoms with Gasteiger partial charge >= 0.3 is 0 Å². The minimum absolute atomic E-state index is 0.0245. The third kappa shape index (κ3) is 3.90. The summed E-state index contributed by atoms with van der Waals surface area (Å²) >= 11 is 0. The first kappa shape index (κ1) is 16.1. The van der Waals surface area contributed by atoms with Crippen LogP contribution in [-0.2, 0) is 9.84 Å². The number of sulfone groups is 1. The molecule has 0 amide bonds. The van der Waals surface area contributed by atoms with Gasteiger partial charge in [-0.15, -0.1) is 5.11 Å². The standard InChI is InChI=1S/C15H16N2O4S/c1-11-2-7-15(19)14(10-11)17-16-12-3-5-13(6-4-12)22(20,21)9-8-18/h2-7,10,18-19H,8-9H2,1H3/b17-16+. The normalized spacial score (nSPS) is 11.9. The van der Waals surface area contributed by atoms with E-state index in [2.05, 4.69) is 10.2 Å². The van der Waals surface area contributed by atoms with Crippen LogP contribution < -0.4 is 0 Å². The topological polar surface area (TPSA) is 99.3 Å². The number of aliphatic hydroxyl groups excluding tert-OH is 1. The molecule has 0 saturated heterocycles. The van der Waals surface area contributed by atoms with Crippen LogP contribution in [0.4, 0.5) is 11.4 Å². The molecule has 0 aliphatic carbocycles. The number of rotatable bonds is 5. The van der Waals surface area contributed by atoms with Gasteiger partial charge in [-0.1, -0.05) is 6.07 Å². The average molecular weight is 320 g/mol. The fourth-order valence-corrected chi connectivity index (χ4v) is 2.81. The molecule has 0 aliphatic rings. The molecule has 0 heterocycles. The van der Waals surface area contributed by atoms with Crippen molar-refractivity contribution in [2.45, 2.75) is 11.8 Å². The van der Waals surface area contributed by atoms with Crippen LogP contribution in [0.15, 0.2) is 57.6 Å². The van der Waals surface area contributed by atoms with Crippen molar-refractivity contribution in [1.82, 2.24) is 0 Å². The minimum Gasteiger partial charge on any atom is -0.506 e. The minimum atomic E-state index is -3.47. The molecule has 116 valence electrons.